The largest absolute Gasteiger partial charge is 0.384 e. The summed E-state index contributed by atoms with van der Waals surface area (Å²) in [6.07, 6.45) is 9.95. The molecule has 2 aromatic rings. The van der Waals surface area contributed by atoms with Crippen molar-refractivity contribution in [3.63, 3.8) is 0 Å². The van der Waals surface area contributed by atoms with Crippen molar-refractivity contribution in [1.29, 1.82) is 0 Å². The van der Waals surface area contributed by atoms with Gasteiger partial charge in [-0.2, -0.15) is 0 Å². The summed E-state index contributed by atoms with van der Waals surface area (Å²) in [6.45, 7) is 7.55. The molecule has 0 bridgehead atoms. The minimum atomic E-state index is -0.997. The summed E-state index contributed by atoms with van der Waals surface area (Å²) < 4.78 is 7.73. The Balaban J connectivity index is 1.48. The van der Waals surface area contributed by atoms with Crippen molar-refractivity contribution in [1.82, 2.24) is 25.0 Å². The van der Waals surface area contributed by atoms with E-state index in [1.165, 1.54) is 5.56 Å². The Labute approximate surface area is 172 Å². The van der Waals surface area contributed by atoms with Gasteiger partial charge in [-0.25, -0.2) is 14.6 Å². The summed E-state index contributed by atoms with van der Waals surface area (Å²) in [5.41, 5.74) is 0.785. The number of rotatable bonds is 6. The van der Waals surface area contributed by atoms with E-state index in [9.17, 15) is 5.11 Å². The predicted octanol–water partition coefficient (Wildman–Crippen LogP) is 2.35. The summed E-state index contributed by atoms with van der Waals surface area (Å²) in [7, 11) is 1.77. The molecule has 3 heterocycles. The number of fused-ring (bicyclic) bond motifs is 1. The molecule has 0 radical (unpaired) electrons. The van der Waals surface area contributed by atoms with Crippen LogP contribution in [0.15, 0.2) is 18.6 Å². The number of aromatic nitrogens is 5. The van der Waals surface area contributed by atoms with Gasteiger partial charge in [0.15, 0.2) is 0 Å². The molecule has 1 saturated carbocycles. The normalized spacial score (nSPS) is 27.3. The fourth-order valence-electron chi connectivity index (χ4n) is 4.73. The number of aryl methyl sites for hydroxylation is 1. The van der Waals surface area contributed by atoms with E-state index in [0.717, 1.165) is 44.7 Å². The average Bonchev–Trinajstić information content (AvgIpc) is 3.34. The highest BCUT2D eigenvalue weighted by molar-refractivity contribution is 5.33. The molecule has 1 saturated heterocycles. The highest BCUT2D eigenvalue weighted by Crippen LogP contribution is 2.43. The Morgan fingerprint density at radius 1 is 1.17 bits per heavy atom. The molecular weight excluding hydrogens is 368 g/mol. The molecule has 0 unspecified atom stereocenters. The SMILES string of the molecule is CCCc1cnc(N2C[C@H]3C[C@@H](n4cc(C(C)(C)O)nn4)[C@H](OC)C[C@H]3C2)nc1. The lowest BCUT2D eigenvalue weighted by molar-refractivity contribution is -0.00551. The molecule has 0 spiro atoms. The number of ether oxygens (including phenoxy) is 1. The van der Waals surface area contributed by atoms with Gasteiger partial charge in [0.05, 0.1) is 18.3 Å². The quantitative estimate of drug-likeness (QED) is 0.796. The average molecular weight is 401 g/mol. The first-order valence-electron chi connectivity index (χ1n) is 10.6. The second-order valence-corrected chi connectivity index (χ2v) is 9.02. The van der Waals surface area contributed by atoms with Crippen molar-refractivity contribution >= 4 is 5.95 Å². The van der Waals surface area contributed by atoms with Crippen LogP contribution in [0.25, 0.3) is 0 Å². The van der Waals surface area contributed by atoms with Crippen LogP contribution in [-0.4, -0.2) is 56.4 Å². The van der Waals surface area contributed by atoms with Crippen LogP contribution in [0.1, 0.15) is 57.3 Å². The fraction of sp³-hybridized carbons (Fsp3) is 0.714. The van der Waals surface area contributed by atoms with Gasteiger partial charge >= 0.3 is 0 Å². The van der Waals surface area contributed by atoms with Crippen molar-refractivity contribution in [3.05, 3.63) is 29.8 Å². The van der Waals surface area contributed by atoms with Gasteiger partial charge in [0.2, 0.25) is 5.95 Å². The lowest BCUT2D eigenvalue weighted by atomic mass is 9.77. The molecule has 2 fully saturated rings. The molecule has 29 heavy (non-hydrogen) atoms. The van der Waals surface area contributed by atoms with E-state index in [2.05, 4.69) is 32.1 Å². The van der Waals surface area contributed by atoms with Crippen LogP contribution < -0.4 is 4.90 Å². The molecule has 1 N–H and O–H groups in total. The Morgan fingerprint density at radius 3 is 2.45 bits per heavy atom. The van der Waals surface area contributed by atoms with Crippen LogP contribution in [0.2, 0.25) is 0 Å². The Bertz CT molecular complexity index is 815. The maximum atomic E-state index is 10.2. The molecule has 2 aliphatic rings. The van der Waals surface area contributed by atoms with Gasteiger partial charge in [-0.3, -0.25) is 0 Å². The van der Waals surface area contributed by atoms with Gasteiger partial charge in [-0.05, 0) is 50.5 Å². The molecule has 8 nitrogen and oxygen atoms in total. The summed E-state index contributed by atoms with van der Waals surface area (Å²) in [4.78, 5) is 11.5. The van der Waals surface area contributed by atoms with E-state index in [4.69, 9.17) is 4.74 Å². The molecule has 4 rings (SSSR count). The maximum absolute atomic E-state index is 10.2. The number of aliphatic hydroxyl groups is 1. The van der Waals surface area contributed by atoms with Crippen LogP contribution in [0.3, 0.4) is 0 Å². The molecule has 158 valence electrons. The van der Waals surface area contributed by atoms with Crippen molar-refractivity contribution in [2.45, 2.75) is 64.2 Å². The molecule has 0 amide bonds. The van der Waals surface area contributed by atoms with Crippen molar-refractivity contribution in [3.8, 4) is 0 Å². The van der Waals surface area contributed by atoms with E-state index in [-0.39, 0.29) is 12.1 Å². The number of hydrogen-bond donors (Lipinski definition) is 1. The number of hydrogen-bond acceptors (Lipinski definition) is 7. The molecule has 4 atom stereocenters. The molecule has 8 heteroatoms. The van der Waals surface area contributed by atoms with E-state index in [1.54, 1.807) is 21.0 Å². The highest BCUT2D eigenvalue weighted by atomic mass is 16.5. The van der Waals surface area contributed by atoms with Crippen LogP contribution in [0.4, 0.5) is 5.95 Å². The summed E-state index contributed by atoms with van der Waals surface area (Å²) in [5.74, 6) is 1.93. The predicted molar refractivity (Wildman–Crippen MR) is 110 cm³/mol. The smallest absolute Gasteiger partial charge is 0.225 e. The van der Waals surface area contributed by atoms with Gasteiger partial charge in [0.25, 0.3) is 0 Å². The van der Waals surface area contributed by atoms with Crippen molar-refractivity contribution < 1.29 is 9.84 Å². The van der Waals surface area contributed by atoms with Crippen LogP contribution in [-0.2, 0) is 16.8 Å². The monoisotopic (exact) mass is 400 g/mol. The van der Waals surface area contributed by atoms with Gasteiger partial charge in [-0.15, -0.1) is 5.10 Å². The second-order valence-electron chi connectivity index (χ2n) is 9.02. The number of anilines is 1. The topological polar surface area (TPSA) is 89.2 Å². The number of nitrogens with zero attached hydrogens (tertiary/aromatic N) is 6. The zero-order valence-electron chi connectivity index (χ0n) is 17.8. The van der Waals surface area contributed by atoms with Gasteiger partial charge in [0, 0.05) is 32.6 Å². The van der Waals surface area contributed by atoms with E-state index in [0.29, 0.717) is 17.5 Å². The first kappa shape index (κ1) is 20.2. The van der Waals surface area contributed by atoms with Gasteiger partial charge in [-0.1, -0.05) is 18.6 Å². The fourth-order valence-corrected chi connectivity index (χ4v) is 4.73. The van der Waals surface area contributed by atoms with E-state index < -0.39 is 5.60 Å². The third-order valence-electron chi connectivity index (χ3n) is 6.38. The molecular formula is C21H32N6O2. The second kappa shape index (κ2) is 7.99. The molecule has 1 aliphatic heterocycles. The first-order chi connectivity index (χ1) is 13.9. The van der Waals surface area contributed by atoms with Gasteiger partial charge < -0.3 is 14.7 Å². The third kappa shape index (κ3) is 4.14. The van der Waals surface area contributed by atoms with Crippen molar-refractivity contribution in [2.75, 3.05) is 25.1 Å². The van der Waals surface area contributed by atoms with Crippen molar-refractivity contribution in [2.24, 2.45) is 11.8 Å². The van der Waals surface area contributed by atoms with Crippen LogP contribution in [0, 0.1) is 11.8 Å². The Kier molecular flexibility index (Phi) is 5.57. The first-order valence-corrected chi connectivity index (χ1v) is 10.6. The highest BCUT2D eigenvalue weighted by Gasteiger charge is 2.44. The Hall–Kier alpha value is -2.06. The molecule has 2 aromatic heterocycles. The summed E-state index contributed by atoms with van der Waals surface area (Å²) in [5, 5.41) is 18.7. The lowest BCUT2D eigenvalue weighted by Gasteiger charge is -2.36. The standard InChI is InChI=1S/C21H32N6O2/c1-5-6-14-9-22-20(23-10-14)26-11-15-7-17(18(29-4)8-16(15)12-26)27-13-19(24-25-27)21(2,3)28/h9-10,13,15-18,28H,5-8,11-12H2,1-4H3/t15-,16+,17-,18-/m1/s1. The minimum Gasteiger partial charge on any atom is -0.384 e. The molecule has 0 aromatic carbocycles. The lowest BCUT2D eigenvalue weighted by Crippen LogP contribution is -2.37. The molecule has 1 aliphatic carbocycles. The Morgan fingerprint density at radius 2 is 1.86 bits per heavy atom. The van der Waals surface area contributed by atoms with Crippen LogP contribution >= 0.6 is 0 Å². The summed E-state index contributed by atoms with van der Waals surface area (Å²) in [6, 6.07) is 0.123. The van der Waals surface area contributed by atoms with Gasteiger partial charge in [0.1, 0.15) is 11.3 Å². The summed E-state index contributed by atoms with van der Waals surface area (Å²) >= 11 is 0. The zero-order chi connectivity index (χ0) is 20.6. The number of methoxy groups -OCH3 is 1. The third-order valence-corrected chi connectivity index (χ3v) is 6.38. The van der Waals surface area contributed by atoms with Crippen LogP contribution in [0.5, 0.6) is 0 Å². The van der Waals surface area contributed by atoms with E-state index in [1.807, 2.05) is 23.3 Å². The van der Waals surface area contributed by atoms with E-state index >= 15 is 0 Å². The minimum absolute atomic E-state index is 0.0837. The zero-order valence-corrected chi connectivity index (χ0v) is 17.8. The maximum Gasteiger partial charge on any atom is 0.225 e.